The van der Waals surface area contributed by atoms with E-state index >= 15 is 0 Å². The minimum absolute atomic E-state index is 0. The summed E-state index contributed by atoms with van der Waals surface area (Å²) in [6.45, 7) is 14.1. The second-order valence-electron chi connectivity index (χ2n) is 19.4. The average Bonchev–Trinajstić information content (AvgIpc) is 4.19. The van der Waals surface area contributed by atoms with Crippen molar-refractivity contribution in [2.45, 2.75) is 138 Å². The van der Waals surface area contributed by atoms with Gasteiger partial charge in [-0.1, -0.05) is 71.7 Å². The Morgan fingerprint density at radius 1 is 0.781 bits per heavy atom. The Balaban J connectivity index is 0.000000214. The van der Waals surface area contributed by atoms with Gasteiger partial charge >= 0.3 is 29.6 Å². The summed E-state index contributed by atoms with van der Waals surface area (Å²) >= 11 is 21.9. The second-order valence-corrected chi connectivity index (χ2v) is 24.4. The van der Waals surface area contributed by atoms with Crippen LogP contribution in [0, 0.1) is 24.7 Å². The van der Waals surface area contributed by atoms with Gasteiger partial charge in [0.25, 0.3) is 0 Å². The molecule has 0 bridgehead atoms. The monoisotopic (exact) mass is 1170 g/mol. The molecule has 2 aliphatic heterocycles. The number of nitrogens with two attached hydrogens (primary N) is 5. The number of piperidine rings is 2. The predicted molar refractivity (Wildman–Crippen MR) is 298 cm³/mol. The van der Waals surface area contributed by atoms with Gasteiger partial charge in [0, 0.05) is 80.3 Å². The maximum absolute atomic E-state index is 12.7. The Morgan fingerprint density at radius 2 is 1.29 bits per heavy atom. The molecule has 6 aromatic rings. The molecule has 0 radical (unpaired) electrons. The van der Waals surface area contributed by atoms with E-state index in [9.17, 15) is 4.21 Å². The van der Waals surface area contributed by atoms with Crippen LogP contribution in [-0.4, -0.2) is 85.9 Å². The molecule has 19 nitrogen and oxygen atoms in total. The fourth-order valence-electron chi connectivity index (χ4n) is 10.0. The summed E-state index contributed by atoms with van der Waals surface area (Å²) in [6, 6.07) is 4.19. The van der Waals surface area contributed by atoms with E-state index < -0.39 is 11.0 Å². The molecule has 2 spiro atoms. The first-order valence-electron chi connectivity index (χ1n) is 23.5. The first-order chi connectivity index (χ1) is 33.8. The third-order valence-corrected chi connectivity index (χ3v) is 19.2. The molecule has 392 valence electrons. The van der Waals surface area contributed by atoms with Crippen LogP contribution in [0.3, 0.4) is 0 Å². The van der Waals surface area contributed by atoms with Crippen molar-refractivity contribution in [2.24, 2.45) is 38.7 Å². The van der Waals surface area contributed by atoms with Crippen molar-refractivity contribution in [2.75, 3.05) is 47.4 Å². The Morgan fingerprint density at radius 3 is 1.82 bits per heavy atom. The Hall–Kier alpha value is -3.36. The third-order valence-electron chi connectivity index (χ3n) is 14.1. The Kier molecular flexibility index (Phi) is 21.7. The fraction of sp³-hybridized carbons (Fsp3) is 0.532. The molecule has 2 aliphatic carbocycles. The van der Waals surface area contributed by atoms with Crippen molar-refractivity contribution < 1.29 is 33.8 Å². The molecule has 3 atom stereocenters. The van der Waals surface area contributed by atoms with Gasteiger partial charge in [-0.05, 0) is 119 Å². The van der Waals surface area contributed by atoms with Crippen molar-refractivity contribution in [3.8, 4) is 0 Å². The number of nitrogens with one attached hydrogen (secondary N) is 1. The van der Waals surface area contributed by atoms with E-state index in [1.807, 2.05) is 65.5 Å². The van der Waals surface area contributed by atoms with Gasteiger partial charge in [0.1, 0.15) is 11.6 Å². The van der Waals surface area contributed by atoms with E-state index in [-0.39, 0.29) is 47.1 Å². The largest absolute Gasteiger partial charge is 1.00 e. The number of hydrogen-bond acceptors (Lipinski definition) is 16. The van der Waals surface area contributed by atoms with Crippen LogP contribution in [0.5, 0.6) is 0 Å². The molecular weight excluding hydrogens is 1100 g/mol. The maximum Gasteiger partial charge on any atom is 1.00 e. The molecule has 2 saturated carbocycles. The van der Waals surface area contributed by atoms with Crippen LogP contribution in [-0.2, 0) is 23.6 Å². The third kappa shape index (κ3) is 13.6. The summed E-state index contributed by atoms with van der Waals surface area (Å²) in [4.78, 5) is 33.8. The van der Waals surface area contributed by atoms with E-state index in [4.69, 9.17) is 63.0 Å². The molecule has 10 rings (SSSR count). The Labute approximate surface area is 481 Å². The smallest absolute Gasteiger partial charge is 0.778 e. The first-order valence-corrected chi connectivity index (χ1v) is 27.5. The van der Waals surface area contributed by atoms with Crippen LogP contribution in [0.4, 0.5) is 23.5 Å². The molecule has 4 aliphatic rings. The van der Waals surface area contributed by atoms with E-state index in [1.54, 1.807) is 12.3 Å². The summed E-state index contributed by atoms with van der Waals surface area (Å²) in [6.07, 6.45) is 22.6. The van der Waals surface area contributed by atoms with Gasteiger partial charge < -0.3 is 51.3 Å². The number of aromatic nitrogens is 8. The minimum atomic E-state index is -1.01. The number of imidazole rings is 2. The summed E-state index contributed by atoms with van der Waals surface area (Å²) in [5.41, 5.74) is 21.9. The quantitative estimate of drug-likeness (QED) is 0.0369. The number of pyridine rings is 2. The Bertz CT molecular complexity index is 2830. The topological polar surface area (TPSA) is 277 Å². The molecule has 4 fully saturated rings. The molecule has 8 heterocycles. The van der Waals surface area contributed by atoms with E-state index in [0.29, 0.717) is 44.1 Å². The molecule has 0 aromatic carbocycles. The number of aryl methyl sites for hydroxylation is 2. The zero-order chi connectivity index (χ0) is 51.3. The zero-order valence-corrected chi connectivity index (χ0v) is 49.2. The van der Waals surface area contributed by atoms with Crippen molar-refractivity contribution in [3.05, 3.63) is 75.2 Å². The average molecular weight is 1170 g/mol. The molecule has 6 aromatic heterocycles. The molecule has 0 unspecified atom stereocenters. The van der Waals surface area contributed by atoms with Crippen molar-refractivity contribution in [1.82, 2.24) is 43.4 Å². The number of anilines is 4. The van der Waals surface area contributed by atoms with Gasteiger partial charge in [-0.15, -0.1) is 0 Å². The summed E-state index contributed by atoms with van der Waals surface area (Å²) in [7, 11) is -1.01. The zero-order valence-electron chi connectivity index (χ0n) is 41.7. The van der Waals surface area contributed by atoms with Gasteiger partial charge in [-0.2, -0.15) is 4.90 Å². The van der Waals surface area contributed by atoms with E-state index in [1.165, 1.54) is 43.6 Å². The number of fused-ring (bicyclic) bond motifs is 2. The van der Waals surface area contributed by atoms with Crippen LogP contribution in [0.2, 0.25) is 10.0 Å². The molecule has 26 heteroatoms. The molecule has 11 N–H and O–H groups in total. The predicted octanol–water partition coefficient (Wildman–Crippen LogP) is 5.96. The van der Waals surface area contributed by atoms with Gasteiger partial charge in [-0.25, -0.2) is 38.8 Å². The van der Waals surface area contributed by atoms with Gasteiger partial charge in [0.15, 0.2) is 11.3 Å². The molecule has 73 heavy (non-hydrogen) atoms. The molecule has 2 saturated heterocycles. The van der Waals surface area contributed by atoms with Crippen LogP contribution in [0.1, 0.15) is 104 Å². The number of rotatable bonds is 6. The molecule has 0 amide bonds. The SMILES string of the molecule is C.Cc1nc(N2CCC3(CCC[C@H]3N)CC2)n2ccnc2c1Sc1ccnc(N)c1Cl.Cc1nc(N2CCC3(CCC[C@H]3N[S@](=O)C(C)(C)C)CC2)n2ccnc2c1Br.N/N=N/N.Nc1nccc([S-])c1Cl.[Na+]. The van der Waals surface area contributed by atoms with Crippen LogP contribution in [0.25, 0.3) is 11.3 Å². The summed E-state index contributed by atoms with van der Waals surface area (Å²) < 4.78 is 21.1. The minimum Gasteiger partial charge on any atom is -0.778 e. The number of nitrogen functional groups attached to an aromatic ring is 2. The number of nitrogens with zero attached hydrogens (tertiary/aromatic N) is 12. The van der Waals surface area contributed by atoms with Crippen molar-refractivity contribution in [3.63, 3.8) is 0 Å². The maximum atomic E-state index is 12.7. The molecular formula is C47H68BrCl2N18NaOS3. The fourth-order valence-corrected chi connectivity index (χ4v) is 12.9. The van der Waals surface area contributed by atoms with Gasteiger partial charge in [0.05, 0.1) is 46.5 Å². The number of hydrogen-bond donors (Lipinski definition) is 6. The van der Waals surface area contributed by atoms with Crippen molar-refractivity contribution in [1.29, 1.82) is 0 Å². The van der Waals surface area contributed by atoms with Crippen LogP contribution >= 0.6 is 50.9 Å². The van der Waals surface area contributed by atoms with Crippen molar-refractivity contribution >= 4 is 109 Å². The summed E-state index contributed by atoms with van der Waals surface area (Å²) in [5.74, 6) is 11.3. The van der Waals surface area contributed by atoms with Gasteiger partial charge in [-0.3, -0.25) is 8.80 Å². The number of halogens is 3. The van der Waals surface area contributed by atoms with Crippen LogP contribution in [0.15, 0.2) is 78.9 Å². The van der Waals surface area contributed by atoms with Crippen LogP contribution < -0.4 is 73.0 Å². The van der Waals surface area contributed by atoms with Gasteiger partial charge in [0.2, 0.25) is 11.9 Å². The normalized spacial score (nSPS) is 19.4. The van der Waals surface area contributed by atoms with E-state index in [0.717, 1.165) is 114 Å². The summed E-state index contributed by atoms with van der Waals surface area (Å²) in [5, 5.41) is 6.11. The van der Waals surface area contributed by atoms with E-state index in [2.05, 4.69) is 81.3 Å². The standard InChI is InChI=1S/C21H26ClN7S.C20H30BrN5OS.C5H5ClN2S.CH4.H4N4.Na/c1-13-17(30-14-4-8-25-18(24)16(14)22)19-26-9-12-29(19)20(27-13)28-10-6-21(7-11-28)5-2-3-15(21)23;1-14-16(21)17-22-10-13-26(17)18(23-14)25-11-8-20(9-12-25)7-5-6-15(20)24-28(27)19(2,3)4;6-4-3(9)1-2-8-5(4)7;;1-3-4-2;/h4,8-9,12,15H,2-3,5-7,10-11,23H2,1H3,(H2,24,25);10,13,15,24H,5-9,11-12H2,1-4H3;1-2H,(H3,7,8,9);1H4;(H2,1,4)(H2,2,3);/q;;;;;+1/p-1/t15-;15-,28-;;;;/m11..../s1. The first kappa shape index (κ1) is 60.5. The second kappa shape index (κ2) is 26.1.